The Labute approximate surface area is 108 Å². The molecular formula is C15H18N2O. The molecule has 2 N–H and O–H groups in total. The third-order valence-corrected chi connectivity index (χ3v) is 2.87. The molecule has 0 amide bonds. The van der Waals surface area contributed by atoms with Gasteiger partial charge in [-0.05, 0) is 43.3 Å². The lowest BCUT2D eigenvalue weighted by Gasteiger charge is -2.12. The first-order valence-electron chi connectivity index (χ1n) is 6.06. The number of rotatable bonds is 3. The summed E-state index contributed by atoms with van der Waals surface area (Å²) in [4.78, 5) is 4.38. The van der Waals surface area contributed by atoms with Crippen molar-refractivity contribution in [1.29, 1.82) is 0 Å². The van der Waals surface area contributed by atoms with E-state index in [0.717, 1.165) is 16.7 Å². The van der Waals surface area contributed by atoms with E-state index in [1.165, 1.54) is 0 Å². The zero-order chi connectivity index (χ0) is 13.0. The summed E-state index contributed by atoms with van der Waals surface area (Å²) in [7, 11) is 0. The predicted molar refractivity (Wildman–Crippen MR) is 75.2 cm³/mol. The van der Waals surface area contributed by atoms with E-state index in [4.69, 9.17) is 0 Å². The van der Waals surface area contributed by atoms with Gasteiger partial charge < -0.3 is 10.4 Å². The zero-order valence-corrected chi connectivity index (χ0v) is 10.7. The lowest BCUT2D eigenvalue weighted by atomic mass is 10.1. The van der Waals surface area contributed by atoms with Crippen LogP contribution in [0.15, 0.2) is 41.6 Å². The van der Waals surface area contributed by atoms with E-state index in [9.17, 15) is 5.11 Å². The molecule has 0 saturated carbocycles. The van der Waals surface area contributed by atoms with Crippen molar-refractivity contribution in [2.24, 2.45) is 4.99 Å². The molecule has 1 aliphatic heterocycles. The molecule has 0 bridgehead atoms. The summed E-state index contributed by atoms with van der Waals surface area (Å²) >= 11 is 0. The fraction of sp³-hybridized carbons (Fsp3) is 0.267. The maximum absolute atomic E-state index is 9.93. The molecule has 1 aromatic carbocycles. The van der Waals surface area contributed by atoms with Crippen LogP contribution >= 0.6 is 0 Å². The smallest absolute Gasteiger partial charge is 0.127 e. The summed E-state index contributed by atoms with van der Waals surface area (Å²) in [6.45, 7) is 4.57. The van der Waals surface area contributed by atoms with Crippen LogP contribution in [0.5, 0.6) is 5.75 Å². The largest absolute Gasteiger partial charge is 0.507 e. The van der Waals surface area contributed by atoms with Crippen LogP contribution in [-0.2, 0) is 0 Å². The average molecular weight is 242 g/mol. The fourth-order valence-corrected chi connectivity index (χ4v) is 1.96. The highest BCUT2D eigenvalue weighted by molar-refractivity contribution is 5.84. The predicted octanol–water partition coefficient (Wildman–Crippen LogP) is 2.47. The van der Waals surface area contributed by atoms with E-state index in [0.29, 0.717) is 12.3 Å². The lowest BCUT2D eigenvalue weighted by Crippen LogP contribution is -2.26. The molecule has 1 heterocycles. The number of nitrogens with zero attached hydrogens (tertiary/aromatic N) is 1. The number of allylic oxidation sites excluding steroid dienone is 2. The summed E-state index contributed by atoms with van der Waals surface area (Å²) in [6, 6.07) is 4.14. The average Bonchev–Trinajstić information content (AvgIpc) is 2.36. The second kappa shape index (κ2) is 5.54. The van der Waals surface area contributed by atoms with Crippen LogP contribution in [0.3, 0.4) is 0 Å². The Morgan fingerprint density at radius 1 is 1.33 bits per heavy atom. The van der Waals surface area contributed by atoms with Gasteiger partial charge in [0.05, 0.1) is 12.6 Å². The molecule has 0 saturated heterocycles. The second-order valence-corrected chi connectivity index (χ2v) is 4.53. The molecule has 94 valence electrons. The van der Waals surface area contributed by atoms with E-state index in [2.05, 4.69) is 16.4 Å². The number of aliphatic imine (C=N–C) groups is 1. The van der Waals surface area contributed by atoms with Gasteiger partial charge >= 0.3 is 0 Å². The van der Waals surface area contributed by atoms with Crippen molar-refractivity contribution >= 4 is 6.21 Å². The Hall–Kier alpha value is -2.03. The minimum atomic E-state index is 0.235. The molecule has 18 heavy (non-hydrogen) atoms. The van der Waals surface area contributed by atoms with Gasteiger partial charge in [0.1, 0.15) is 5.75 Å². The first-order chi connectivity index (χ1) is 8.66. The quantitative estimate of drug-likeness (QED) is 0.800. The van der Waals surface area contributed by atoms with Crippen molar-refractivity contribution in [3.63, 3.8) is 0 Å². The molecule has 3 nitrogen and oxygen atoms in total. The number of aromatic hydroxyl groups is 1. The first-order valence-corrected chi connectivity index (χ1v) is 6.06. The summed E-state index contributed by atoms with van der Waals surface area (Å²) in [5.41, 5.74) is 2.79. The van der Waals surface area contributed by atoms with Crippen LogP contribution in [0.25, 0.3) is 0 Å². The topological polar surface area (TPSA) is 44.6 Å². The third kappa shape index (κ3) is 3.00. The van der Waals surface area contributed by atoms with Gasteiger partial charge in [0.2, 0.25) is 0 Å². The van der Waals surface area contributed by atoms with Gasteiger partial charge in [-0.15, -0.1) is 0 Å². The van der Waals surface area contributed by atoms with Gasteiger partial charge in [0.15, 0.2) is 0 Å². The maximum Gasteiger partial charge on any atom is 0.127 e. The first kappa shape index (κ1) is 12.4. The van der Waals surface area contributed by atoms with Crippen molar-refractivity contribution in [1.82, 2.24) is 5.32 Å². The normalized spacial score (nSPS) is 18.2. The number of hydrogen-bond acceptors (Lipinski definition) is 3. The number of benzene rings is 1. The number of nitrogens with one attached hydrogen (secondary N) is 1. The van der Waals surface area contributed by atoms with Crippen LogP contribution < -0.4 is 5.32 Å². The number of aryl methyl sites for hydroxylation is 2. The van der Waals surface area contributed by atoms with E-state index >= 15 is 0 Å². The number of phenols is 1. The van der Waals surface area contributed by atoms with Crippen LogP contribution in [0.4, 0.5) is 0 Å². The van der Waals surface area contributed by atoms with Crippen LogP contribution in [-0.4, -0.2) is 23.9 Å². The SMILES string of the molecule is Cc1cc(C)c(O)c(C=NCC2C=CC=CN2)c1. The molecule has 0 aliphatic carbocycles. The van der Waals surface area contributed by atoms with Crippen LogP contribution in [0.2, 0.25) is 0 Å². The highest BCUT2D eigenvalue weighted by Crippen LogP contribution is 2.22. The Morgan fingerprint density at radius 2 is 2.17 bits per heavy atom. The Balaban J connectivity index is 2.05. The van der Waals surface area contributed by atoms with E-state index < -0.39 is 0 Å². The van der Waals surface area contributed by atoms with E-state index in [1.54, 1.807) is 6.21 Å². The molecule has 1 atom stereocenters. The van der Waals surface area contributed by atoms with Crippen molar-refractivity contribution in [3.8, 4) is 5.75 Å². The van der Waals surface area contributed by atoms with Gasteiger partial charge in [-0.3, -0.25) is 4.99 Å². The monoisotopic (exact) mass is 242 g/mol. The second-order valence-electron chi connectivity index (χ2n) is 4.53. The molecule has 0 radical (unpaired) electrons. The maximum atomic E-state index is 9.93. The van der Waals surface area contributed by atoms with Gasteiger partial charge in [0, 0.05) is 11.8 Å². The Bertz CT molecular complexity index is 515. The fourth-order valence-electron chi connectivity index (χ4n) is 1.96. The highest BCUT2D eigenvalue weighted by atomic mass is 16.3. The molecule has 0 fully saturated rings. The Kier molecular flexibility index (Phi) is 3.82. The summed E-state index contributed by atoms with van der Waals surface area (Å²) in [6.07, 6.45) is 9.68. The highest BCUT2D eigenvalue weighted by Gasteiger charge is 2.04. The van der Waals surface area contributed by atoms with Gasteiger partial charge in [-0.2, -0.15) is 0 Å². The molecule has 3 heteroatoms. The zero-order valence-electron chi connectivity index (χ0n) is 10.7. The van der Waals surface area contributed by atoms with E-state index in [1.807, 2.05) is 44.3 Å². The van der Waals surface area contributed by atoms with Crippen molar-refractivity contribution in [3.05, 3.63) is 53.3 Å². The summed E-state index contributed by atoms with van der Waals surface area (Å²) in [5, 5.41) is 13.1. The van der Waals surface area contributed by atoms with E-state index in [-0.39, 0.29) is 6.04 Å². The standard InChI is InChI=1S/C15H18N2O/c1-11-7-12(2)15(18)13(8-11)9-16-10-14-5-3-4-6-17-14/h3-9,14,17-18H,10H2,1-2H3. The molecular weight excluding hydrogens is 224 g/mol. The number of dihydropyridines is 1. The Morgan fingerprint density at radius 3 is 2.89 bits per heavy atom. The lowest BCUT2D eigenvalue weighted by molar-refractivity contribution is 0.470. The van der Waals surface area contributed by atoms with Crippen LogP contribution in [0, 0.1) is 13.8 Å². The molecule has 0 spiro atoms. The molecule has 1 aromatic rings. The van der Waals surface area contributed by atoms with Gasteiger partial charge in [-0.1, -0.05) is 18.2 Å². The van der Waals surface area contributed by atoms with Gasteiger partial charge in [-0.25, -0.2) is 0 Å². The van der Waals surface area contributed by atoms with Crippen molar-refractivity contribution in [2.45, 2.75) is 19.9 Å². The van der Waals surface area contributed by atoms with Crippen molar-refractivity contribution in [2.75, 3.05) is 6.54 Å². The van der Waals surface area contributed by atoms with Crippen molar-refractivity contribution < 1.29 is 5.11 Å². The number of hydrogen-bond donors (Lipinski definition) is 2. The summed E-state index contributed by atoms with van der Waals surface area (Å²) < 4.78 is 0. The summed E-state index contributed by atoms with van der Waals surface area (Å²) in [5.74, 6) is 0.316. The molecule has 2 rings (SSSR count). The molecule has 0 aromatic heterocycles. The third-order valence-electron chi connectivity index (χ3n) is 2.87. The minimum Gasteiger partial charge on any atom is -0.507 e. The minimum absolute atomic E-state index is 0.235. The molecule has 1 unspecified atom stereocenters. The van der Waals surface area contributed by atoms with Gasteiger partial charge in [0.25, 0.3) is 0 Å². The van der Waals surface area contributed by atoms with Crippen LogP contribution in [0.1, 0.15) is 16.7 Å². The molecule has 1 aliphatic rings. The number of phenolic OH excluding ortho intramolecular Hbond substituents is 1.